The number of carbonyl (C=O) groups is 1. The minimum absolute atomic E-state index is 0.00282. The number of aromatic nitrogens is 1. The Bertz CT molecular complexity index is 658. The number of rotatable bonds is 5. The van der Waals surface area contributed by atoms with Gasteiger partial charge in [0.1, 0.15) is 0 Å². The lowest BCUT2D eigenvalue weighted by Gasteiger charge is -2.23. The maximum atomic E-state index is 12.6. The monoisotopic (exact) mass is 297 g/mol. The van der Waals surface area contributed by atoms with Crippen LogP contribution in [-0.4, -0.2) is 21.5 Å². The minimum Gasteiger partial charge on any atom is -0.353 e. The fraction of sp³-hybridized carbons (Fsp3) is 0.389. The van der Waals surface area contributed by atoms with Gasteiger partial charge in [0.05, 0.1) is 6.54 Å². The first-order valence-electron chi connectivity index (χ1n) is 7.94. The highest BCUT2D eigenvalue weighted by atomic mass is 16.2. The van der Waals surface area contributed by atoms with Crippen LogP contribution in [0.25, 0.3) is 0 Å². The van der Waals surface area contributed by atoms with E-state index in [0.717, 1.165) is 30.6 Å². The van der Waals surface area contributed by atoms with Gasteiger partial charge in [0.15, 0.2) is 0 Å². The fourth-order valence-corrected chi connectivity index (χ4v) is 2.65. The van der Waals surface area contributed by atoms with E-state index in [9.17, 15) is 4.79 Å². The normalized spacial score (nSPS) is 13.9. The third kappa shape index (κ3) is 3.32. The summed E-state index contributed by atoms with van der Waals surface area (Å²) in [5.41, 5.74) is 3.27. The van der Waals surface area contributed by atoms with Gasteiger partial charge in [0.25, 0.3) is 0 Å². The Labute approximate surface area is 131 Å². The van der Waals surface area contributed by atoms with Crippen molar-refractivity contribution in [3.63, 3.8) is 0 Å². The van der Waals surface area contributed by atoms with Crippen LogP contribution in [0, 0.1) is 0 Å². The smallest absolute Gasteiger partial charge is 0.322 e. The van der Waals surface area contributed by atoms with Gasteiger partial charge in [-0.25, -0.2) is 4.79 Å². The van der Waals surface area contributed by atoms with E-state index in [1.807, 2.05) is 42.4 Å². The number of carbonyl (C=O) groups excluding carboxylic acids is 1. The highest BCUT2D eigenvalue weighted by Crippen LogP contribution is 2.29. The molecule has 0 atom stereocenters. The average molecular weight is 297 g/mol. The van der Waals surface area contributed by atoms with Gasteiger partial charge < -0.3 is 14.8 Å². The molecule has 0 bridgehead atoms. The second-order valence-electron chi connectivity index (χ2n) is 5.95. The van der Waals surface area contributed by atoms with Gasteiger partial charge in [-0.05, 0) is 49.1 Å². The van der Waals surface area contributed by atoms with Crippen LogP contribution in [0.4, 0.5) is 10.5 Å². The van der Waals surface area contributed by atoms with Gasteiger partial charge >= 0.3 is 6.03 Å². The van der Waals surface area contributed by atoms with Crippen LogP contribution in [-0.2, 0) is 20.0 Å². The minimum atomic E-state index is -0.00282. The van der Waals surface area contributed by atoms with Gasteiger partial charge in [-0.3, -0.25) is 0 Å². The van der Waals surface area contributed by atoms with Crippen molar-refractivity contribution in [3.8, 4) is 0 Å². The molecule has 1 heterocycles. The number of nitrogens with one attached hydrogen (secondary N) is 1. The summed E-state index contributed by atoms with van der Waals surface area (Å²) in [5, 5.41) is 3.05. The molecule has 0 aliphatic heterocycles. The van der Waals surface area contributed by atoms with Gasteiger partial charge in [-0.1, -0.05) is 19.1 Å². The quantitative estimate of drug-likeness (QED) is 0.896. The third-order valence-corrected chi connectivity index (χ3v) is 4.22. The van der Waals surface area contributed by atoms with E-state index >= 15 is 0 Å². The van der Waals surface area contributed by atoms with Gasteiger partial charge in [0.2, 0.25) is 0 Å². The molecule has 4 heteroatoms. The molecule has 1 aromatic carbocycles. The van der Waals surface area contributed by atoms with Crippen molar-refractivity contribution < 1.29 is 4.79 Å². The highest BCUT2D eigenvalue weighted by molar-refractivity contribution is 5.89. The average Bonchev–Trinajstić information content (AvgIpc) is 3.28. The molecule has 0 saturated heterocycles. The Kier molecular flexibility index (Phi) is 4.18. The molecule has 1 aromatic heterocycles. The second kappa shape index (κ2) is 6.26. The molecular formula is C18H23N3O. The van der Waals surface area contributed by atoms with Crippen LogP contribution in [0.3, 0.4) is 0 Å². The first-order valence-corrected chi connectivity index (χ1v) is 7.94. The molecule has 0 spiro atoms. The zero-order valence-electron chi connectivity index (χ0n) is 13.2. The van der Waals surface area contributed by atoms with Crippen LogP contribution < -0.4 is 5.32 Å². The molecule has 1 N–H and O–H groups in total. The van der Waals surface area contributed by atoms with Crippen LogP contribution in [0.2, 0.25) is 0 Å². The Morgan fingerprint density at radius 2 is 2.14 bits per heavy atom. The maximum absolute atomic E-state index is 12.6. The van der Waals surface area contributed by atoms with E-state index in [0.29, 0.717) is 12.6 Å². The van der Waals surface area contributed by atoms with Gasteiger partial charge in [0, 0.05) is 30.7 Å². The lowest BCUT2D eigenvalue weighted by molar-refractivity contribution is 0.205. The number of hydrogen-bond acceptors (Lipinski definition) is 1. The summed E-state index contributed by atoms with van der Waals surface area (Å²) in [6.07, 6.45) is 5.20. The van der Waals surface area contributed by atoms with Crippen molar-refractivity contribution in [2.45, 2.75) is 38.8 Å². The first-order chi connectivity index (χ1) is 10.7. The SMILES string of the molecule is CCc1cccc(NC(=O)N(Cc2cccn2C)C2CC2)c1. The zero-order valence-corrected chi connectivity index (χ0v) is 13.2. The predicted octanol–water partition coefficient (Wildman–Crippen LogP) is 3.78. The summed E-state index contributed by atoms with van der Waals surface area (Å²) in [7, 11) is 2.02. The molecule has 0 unspecified atom stereocenters. The highest BCUT2D eigenvalue weighted by Gasteiger charge is 2.33. The molecule has 4 nitrogen and oxygen atoms in total. The molecule has 1 aliphatic carbocycles. The van der Waals surface area contributed by atoms with Crippen molar-refractivity contribution >= 4 is 11.7 Å². The number of amides is 2. The van der Waals surface area contributed by atoms with Gasteiger partial charge in [-0.2, -0.15) is 0 Å². The molecule has 1 saturated carbocycles. The Balaban J connectivity index is 1.71. The van der Waals surface area contributed by atoms with Crippen molar-refractivity contribution in [3.05, 3.63) is 53.9 Å². The van der Waals surface area contributed by atoms with Crippen molar-refractivity contribution in [2.75, 3.05) is 5.32 Å². The van der Waals surface area contributed by atoms with E-state index < -0.39 is 0 Å². The van der Waals surface area contributed by atoms with E-state index in [4.69, 9.17) is 0 Å². The summed E-state index contributed by atoms with van der Waals surface area (Å²) >= 11 is 0. The molecule has 3 rings (SSSR count). The molecule has 2 aromatic rings. The molecule has 1 aliphatic rings. The number of urea groups is 1. The fourth-order valence-electron chi connectivity index (χ4n) is 2.65. The third-order valence-electron chi connectivity index (χ3n) is 4.22. The molecule has 22 heavy (non-hydrogen) atoms. The molecule has 2 amide bonds. The topological polar surface area (TPSA) is 37.3 Å². The molecule has 116 valence electrons. The van der Waals surface area contributed by atoms with E-state index in [1.54, 1.807) is 0 Å². The second-order valence-corrected chi connectivity index (χ2v) is 5.95. The lowest BCUT2D eigenvalue weighted by atomic mass is 10.1. The Morgan fingerprint density at radius 1 is 1.32 bits per heavy atom. The maximum Gasteiger partial charge on any atom is 0.322 e. The lowest BCUT2D eigenvalue weighted by Crippen LogP contribution is -2.36. The number of nitrogens with zero attached hydrogens (tertiary/aromatic N) is 2. The summed E-state index contributed by atoms with van der Waals surface area (Å²) in [6, 6.07) is 12.5. The summed E-state index contributed by atoms with van der Waals surface area (Å²) in [6.45, 7) is 2.78. The predicted molar refractivity (Wildman–Crippen MR) is 88.8 cm³/mol. The van der Waals surface area contributed by atoms with Crippen LogP contribution in [0.15, 0.2) is 42.6 Å². The number of hydrogen-bond donors (Lipinski definition) is 1. The number of aryl methyl sites for hydroxylation is 2. The van der Waals surface area contributed by atoms with Crippen molar-refractivity contribution in [1.82, 2.24) is 9.47 Å². The van der Waals surface area contributed by atoms with Crippen molar-refractivity contribution in [2.24, 2.45) is 7.05 Å². The Hall–Kier alpha value is -2.23. The van der Waals surface area contributed by atoms with E-state index in [1.165, 1.54) is 5.56 Å². The standard InChI is InChI=1S/C18H23N3O/c1-3-14-6-4-7-15(12-14)19-18(22)21(16-9-10-16)13-17-8-5-11-20(17)2/h4-8,11-12,16H,3,9-10,13H2,1-2H3,(H,19,22). The summed E-state index contributed by atoms with van der Waals surface area (Å²) in [4.78, 5) is 14.6. The van der Waals surface area contributed by atoms with E-state index in [-0.39, 0.29) is 6.03 Å². The molecule has 1 fully saturated rings. The first kappa shape index (κ1) is 14.7. The van der Waals surface area contributed by atoms with E-state index in [2.05, 4.69) is 28.9 Å². The van der Waals surface area contributed by atoms with Crippen LogP contribution >= 0.6 is 0 Å². The van der Waals surface area contributed by atoms with Gasteiger partial charge in [-0.15, -0.1) is 0 Å². The van der Waals surface area contributed by atoms with Crippen LogP contribution in [0.1, 0.15) is 31.0 Å². The number of anilines is 1. The molecular weight excluding hydrogens is 274 g/mol. The summed E-state index contributed by atoms with van der Waals surface area (Å²) < 4.78 is 2.07. The summed E-state index contributed by atoms with van der Waals surface area (Å²) in [5.74, 6) is 0. The van der Waals surface area contributed by atoms with Crippen LogP contribution in [0.5, 0.6) is 0 Å². The zero-order chi connectivity index (χ0) is 15.5. The number of benzene rings is 1. The van der Waals surface area contributed by atoms with Crippen molar-refractivity contribution in [1.29, 1.82) is 0 Å². The largest absolute Gasteiger partial charge is 0.353 e. The Morgan fingerprint density at radius 3 is 2.77 bits per heavy atom. The molecule has 0 radical (unpaired) electrons.